The number of esters is 1. The molecule has 0 fully saturated rings. The van der Waals surface area contributed by atoms with Crippen LogP contribution in [0.3, 0.4) is 0 Å². The van der Waals surface area contributed by atoms with Crippen LogP contribution in [0.4, 0.5) is 18.2 Å². The number of aryl methyl sites for hydroxylation is 1. The minimum absolute atomic E-state index is 0.126. The van der Waals surface area contributed by atoms with Crippen LogP contribution < -0.4 is 10.1 Å². The second kappa shape index (κ2) is 8.22. The highest BCUT2D eigenvalue weighted by atomic mass is 32.1. The minimum atomic E-state index is -4.80. The lowest BCUT2D eigenvalue weighted by Crippen LogP contribution is -2.17. The van der Waals surface area contributed by atoms with Crippen LogP contribution in [-0.2, 0) is 11.2 Å². The number of thiophene rings is 1. The molecular weight excluding hydrogens is 371 g/mol. The van der Waals surface area contributed by atoms with Crippen molar-refractivity contribution in [1.29, 1.82) is 0 Å². The highest BCUT2D eigenvalue weighted by Crippen LogP contribution is 2.30. The van der Waals surface area contributed by atoms with E-state index in [1.54, 1.807) is 13.0 Å². The fourth-order valence-corrected chi connectivity index (χ4v) is 3.03. The van der Waals surface area contributed by atoms with Crippen molar-refractivity contribution in [1.82, 2.24) is 0 Å². The van der Waals surface area contributed by atoms with E-state index in [2.05, 4.69) is 10.1 Å². The van der Waals surface area contributed by atoms with E-state index in [-0.39, 0.29) is 17.7 Å². The largest absolute Gasteiger partial charge is 0.573 e. The van der Waals surface area contributed by atoms with Crippen molar-refractivity contribution in [3.63, 3.8) is 0 Å². The summed E-state index contributed by atoms with van der Waals surface area (Å²) in [5.41, 5.74) is 0.375. The fourth-order valence-electron chi connectivity index (χ4n) is 2.05. The van der Waals surface area contributed by atoms with E-state index in [1.807, 2.05) is 6.92 Å². The van der Waals surface area contributed by atoms with Crippen molar-refractivity contribution in [2.75, 3.05) is 11.9 Å². The second-order valence-electron chi connectivity index (χ2n) is 5.06. The Kier molecular flexibility index (Phi) is 6.25. The molecule has 0 saturated heterocycles. The van der Waals surface area contributed by atoms with Crippen LogP contribution in [0.5, 0.6) is 5.75 Å². The number of benzene rings is 1. The molecule has 2 aromatic rings. The van der Waals surface area contributed by atoms with Crippen molar-refractivity contribution < 1.29 is 32.2 Å². The molecule has 0 spiro atoms. The van der Waals surface area contributed by atoms with Crippen molar-refractivity contribution in [2.45, 2.75) is 26.6 Å². The summed E-state index contributed by atoms with van der Waals surface area (Å²) in [5, 5.41) is 2.94. The average molecular weight is 387 g/mol. The van der Waals surface area contributed by atoms with Gasteiger partial charge in [-0.05, 0) is 43.7 Å². The molecule has 1 aromatic carbocycles. The van der Waals surface area contributed by atoms with Crippen molar-refractivity contribution in [2.24, 2.45) is 0 Å². The highest BCUT2D eigenvalue weighted by Gasteiger charge is 2.31. The predicted molar refractivity (Wildman–Crippen MR) is 90.7 cm³/mol. The summed E-state index contributed by atoms with van der Waals surface area (Å²) in [6.07, 6.45) is -4.12. The first kappa shape index (κ1) is 19.8. The number of hydrogen-bond donors (Lipinski definition) is 1. The van der Waals surface area contributed by atoms with Crippen molar-refractivity contribution in [3.05, 3.63) is 46.3 Å². The van der Waals surface area contributed by atoms with Crippen LogP contribution in [0.2, 0.25) is 0 Å². The van der Waals surface area contributed by atoms with Gasteiger partial charge in [0.1, 0.15) is 10.8 Å². The third kappa shape index (κ3) is 5.22. The molecule has 0 atom stereocenters. The zero-order valence-corrected chi connectivity index (χ0v) is 14.8. The van der Waals surface area contributed by atoms with E-state index in [9.17, 15) is 22.8 Å². The molecule has 0 aliphatic rings. The lowest BCUT2D eigenvalue weighted by atomic mass is 10.2. The van der Waals surface area contributed by atoms with Gasteiger partial charge >= 0.3 is 12.3 Å². The van der Waals surface area contributed by atoms with E-state index in [0.717, 1.165) is 17.0 Å². The van der Waals surface area contributed by atoms with E-state index in [0.29, 0.717) is 11.4 Å². The number of rotatable bonds is 6. The molecule has 26 heavy (non-hydrogen) atoms. The van der Waals surface area contributed by atoms with Gasteiger partial charge in [0.2, 0.25) is 0 Å². The van der Waals surface area contributed by atoms with Gasteiger partial charge in [0.05, 0.1) is 12.2 Å². The monoisotopic (exact) mass is 387 g/mol. The summed E-state index contributed by atoms with van der Waals surface area (Å²) in [6.45, 7) is 3.78. The number of nitrogens with one attached hydrogen (secondary N) is 1. The zero-order valence-electron chi connectivity index (χ0n) is 14.0. The third-order valence-corrected chi connectivity index (χ3v) is 4.40. The van der Waals surface area contributed by atoms with E-state index < -0.39 is 24.0 Å². The van der Waals surface area contributed by atoms with Crippen LogP contribution in [0.1, 0.15) is 39.4 Å². The number of carbonyl (C=O) groups is 2. The van der Waals surface area contributed by atoms with E-state index in [1.165, 1.54) is 23.5 Å². The van der Waals surface area contributed by atoms with E-state index >= 15 is 0 Å². The van der Waals surface area contributed by atoms with E-state index in [4.69, 9.17) is 4.74 Å². The van der Waals surface area contributed by atoms with Crippen molar-refractivity contribution >= 4 is 28.2 Å². The van der Waals surface area contributed by atoms with Gasteiger partial charge in [0.15, 0.2) is 0 Å². The molecule has 0 aliphatic carbocycles. The van der Waals surface area contributed by atoms with Gasteiger partial charge in [-0.25, -0.2) is 4.79 Å². The zero-order chi connectivity index (χ0) is 19.3. The number of ether oxygens (including phenoxy) is 2. The summed E-state index contributed by atoms with van der Waals surface area (Å²) < 4.78 is 45.2. The maximum Gasteiger partial charge on any atom is 0.573 e. The summed E-state index contributed by atoms with van der Waals surface area (Å²) in [4.78, 5) is 25.2. The van der Waals surface area contributed by atoms with Crippen LogP contribution in [0.25, 0.3) is 0 Å². The molecular formula is C17H16F3NO4S. The topological polar surface area (TPSA) is 64.6 Å². The van der Waals surface area contributed by atoms with Crippen molar-refractivity contribution in [3.8, 4) is 5.75 Å². The fraction of sp³-hybridized carbons (Fsp3) is 0.294. The Morgan fingerprint density at radius 3 is 2.35 bits per heavy atom. The normalized spacial score (nSPS) is 11.1. The van der Waals surface area contributed by atoms with Gasteiger partial charge in [-0.2, -0.15) is 0 Å². The maximum atomic E-state index is 12.3. The smallest absolute Gasteiger partial charge is 0.462 e. The van der Waals surface area contributed by atoms with Crippen LogP contribution >= 0.6 is 11.3 Å². The first-order valence-electron chi connectivity index (χ1n) is 7.70. The third-order valence-electron chi connectivity index (χ3n) is 3.20. The van der Waals surface area contributed by atoms with Gasteiger partial charge < -0.3 is 14.8 Å². The Hall–Kier alpha value is -2.55. The van der Waals surface area contributed by atoms with Gasteiger partial charge in [0.25, 0.3) is 5.91 Å². The van der Waals surface area contributed by atoms with Gasteiger partial charge in [-0.15, -0.1) is 24.5 Å². The molecule has 0 saturated carbocycles. The Morgan fingerprint density at radius 1 is 1.15 bits per heavy atom. The summed E-state index contributed by atoms with van der Waals surface area (Å²) >= 11 is 1.24. The molecule has 0 aliphatic heterocycles. The molecule has 9 heteroatoms. The first-order valence-corrected chi connectivity index (χ1v) is 8.52. The summed E-state index contributed by atoms with van der Waals surface area (Å²) in [5.74, 6) is -1.53. The Bertz CT molecular complexity index is 784. The number of alkyl halides is 3. The molecule has 0 bridgehead atoms. The summed E-state index contributed by atoms with van der Waals surface area (Å²) in [6, 6.07) is 6.14. The second-order valence-corrected chi connectivity index (χ2v) is 6.19. The SMILES string of the molecule is CCOC(=O)c1cc(CC)sc1NC(=O)c1ccc(OC(F)(F)F)cc1. The predicted octanol–water partition coefficient (Wildman–Crippen LogP) is 4.64. The van der Waals surface area contributed by atoms with Crippen LogP contribution in [0.15, 0.2) is 30.3 Å². The average Bonchev–Trinajstić information content (AvgIpc) is 2.97. The standard InChI is InChI=1S/C17H16F3NO4S/c1-3-12-9-13(16(23)24-4-2)15(26-12)21-14(22)10-5-7-11(8-6-10)25-17(18,19)20/h5-9H,3-4H2,1-2H3,(H,21,22). The molecule has 1 aromatic heterocycles. The quantitative estimate of drug-likeness (QED) is 0.734. The van der Waals surface area contributed by atoms with Crippen LogP contribution in [0, 0.1) is 0 Å². The highest BCUT2D eigenvalue weighted by molar-refractivity contribution is 7.16. The molecule has 2 rings (SSSR count). The van der Waals surface area contributed by atoms with Gasteiger partial charge in [-0.1, -0.05) is 6.92 Å². The number of carbonyl (C=O) groups excluding carboxylic acids is 2. The Labute approximate surface area is 151 Å². The molecule has 0 radical (unpaired) electrons. The van der Waals surface area contributed by atoms with Crippen LogP contribution in [-0.4, -0.2) is 24.8 Å². The molecule has 1 N–H and O–H groups in total. The summed E-state index contributed by atoms with van der Waals surface area (Å²) in [7, 11) is 0. The van der Waals surface area contributed by atoms with Gasteiger partial charge in [0, 0.05) is 10.4 Å². The molecule has 1 amide bonds. The number of hydrogen-bond acceptors (Lipinski definition) is 5. The Balaban J connectivity index is 2.16. The number of amides is 1. The Morgan fingerprint density at radius 2 is 1.81 bits per heavy atom. The number of anilines is 1. The lowest BCUT2D eigenvalue weighted by Gasteiger charge is -2.09. The number of halogens is 3. The molecule has 140 valence electrons. The molecule has 5 nitrogen and oxygen atoms in total. The minimum Gasteiger partial charge on any atom is -0.462 e. The maximum absolute atomic E-state index is 12.3. The first-order chi connectivity index (χ1) is 12.2. The lowest BCUT2D eigenvalue weighted by molar-refractivity contribution is -0.274. The molecule has 1 heterocycles. The molecule has 0 unspecified atom stereocenters. The van der Waals surface area contributed by atoms with Gasteiger partial charge in [-0.3, -0.25) is 4.79 Å².